The summed E-state index contributed by atoms with van der Waals surface area (Å²) in [6.07, 6.45) is 4.53. The molecule has 1 heterocycles. The predicted molar refractivity (Wildman–Crippen MR) is 95.8 cm³/mol. The maximum Gasteiger partial charge on any atom is 0.410 e. The van der Waals surface area contributed by atoms with E-state index in [0.717, 1.165) is 32.5 Å². The van der Waals surface area contributed by atoms with Gasteiger partial charge in [0.2, 0.25) is 0 Å². The fourth-order valence-electron chi connectivity index (χ4n) is 3.89. The molecule has 1 aromatic carbocycles. The lowest BCUT2D eigenvalue weighted by atomic mass is 9.60. The number of nitrogens with zero attached hydrogens (tertiary/aromatic N) is 1. The van der Waals surface area contributed by atoms with Crippen molar-refractivity contribution in [3.8, 4) is 0 Å². The summed E-state index contributed by atoms with van der Waals surface area (Å²) in [4.78, 5) is 14.0. The van der Waals surface area contributed by atoms with E-state index >= 15 is 0 Å². The summed E-state index contributed by atoms with van der Waals surface area (Å²) < 4.78 is 5.48. The maximum atomic E-state index is 12.1. The molecule has 1 amide bonds. The van der Waals surface area contributed by atoms with Crippen molar-refractivity contribution in [2.45, 2.75) is 64.6 Å². The Morgan fingerprint density at radius 3 is 2.42 bits per heavy atom. The van der Waals surface area contributed by atoms with Gasteiger partial charge in [0.25, 0.3) is 0 Å². The first kappa shape index (κ1) is 17.3. The smallest absolute Gasteiger partial charge is 0.410 e. The maximum absolute atomic E-state index is 12.1. The summed E-state index contributed by atoms with van der Waals surface area (Å²) in [7, 11) is 0. The highest BCUT2D eigenvalue weighted by Gasteiger charge is 2.46. The second-order valence-corrected chi connectivity index (χ2v) is 8.44. The summed E-state index contributed by atoms with van der Waals surface area (Å²) in [6.45, 7) is 8.38. The Hall–Kier alpha value is -1.55. The molecule has 24 heavy (non-hydrogen) atoms. The van der Waals surface area contributed by atoms with Gasteiger partial charge in [0.1, 0.15) is 5.60 Å². The van der Waals surface area contributed by atoms with Crippen LogP contribution < -0.4 is 5.32 Å². The van der Waals surface area contributed by atoms with E-state index in [1.807, 2.05) is 25.7 Å². The zero-order valence-electron chi connectivity index (χ0n) is 15.2. The number of hydrogen-bond acceptors (Lipinski definition) is 3. The van der Waals surface area contributed by atoms with Gasteiger partial charge in [-0.25, -0.2) is 4.79 Å². The van der Waals surface area contributed by atoms with Gasteiger partial charge in [-0.05, 0) is 57.4 Å². The molecule has 4 nitrogen and oxygen atoms in total. The lowest BCUT2D eigenvalue weighted by Gasteiger charge is -2.52. The van der Waals surface area contributed by atoms with E-state index in [2.05, 4.69) is 35.6 Å². The van der Waals surface area contributed by atoms with E-state index in [1.54, 1.807) is 0 Å². The molecule has 1 N–H and O–H groups in total. The second-order valence-electron chi connectivity index (χ2n) is 8.44. The van der Waals surface area contributed by atoms with Crippen LogP contribution in [0.5, 0.6) is 0 Å². The molecule has 1 saturated heterocycles. The second kappa shape index (κ2) is 6.75. The molecular weight excluding hydrogens is 300 g/mol. The quantitative estimate of drug-likeness (QED) is 0.912. The third-order valence-electron chi connectivity index (χ3n) is 5.27. The predicted octanol–water partition coefficient (Wildman–Crippen LogP) is 3.96. The molecule has 0 atom stereocenters. The van der Waals surface area contributed by atoms with E-state index in [9.17, 15) is 4.79 Å². The third-order valence-corrected chi connectivity index (χ3v) is 5.27. The van der Waals surface area contributed by atoms with Gasteiger partial charge >= 0.3 is 6.09 Å². The van der Waals surface area contributed by atoms with Crippen LogP contribution in [0, 0.1) is 5.41 Å². The Morgan fingerprint density at radius 1 is 1.21 bits per heavy atom. The van der Waals surface area contributed by atoms with Crippen LogP contribution in [0.1, 0.15) is 52.0 Å². The number of carbonyl (C=O) groups excluding carboxylic acids is 1. The number of likely N-dealkylation sites (tertiary alicyclic amines) is 1. The Kier molecular flexibility index (Phi) is 4.86. The van der Waals surface area contributed by atoms with Crippen LogP contribution in [0.15, 0.2) is 30.3 Å². The molecule has 1 saturated carbocycles. The molecule has 1 aromatic rings. The summed E-state index contributed by atoms with van der Waals surface area (Å²) >= 11 is 0. The molecule has 132 valence electrons. The number of nitrogens with one attached hydrogen (secondary N) is 1. The average Bonchev–Trinajstić information content (AvgIpc) is 2.50. The number of hydrogen-bond donors (Lipinski definition) is 1. The van der Waals surface area contributed by atoms with E-state index in [0.29, 0.717) is 11.5 Å². The fraction of sp³-hybridized carbons (Fsp3) is 0.650. The van der Waals surface area contributed by atoms with Crippen molar-refractivity contribution < 1.29 is 9.53 Å². The van der Waals surface area contributed by atoms with Crippen LogP contribution in [-0.2, 0) is 11.3 Å². The van der Waals surface area contributed by atoms with E-state index < -0.39 is 5.60 Å². The van der Waals surface area contributed by atoms with Gasteiger partial charge in [0.15, 0.2) is 0 Å². The highest BCUT2D eigenvalue weighted by Crippen LogP contribution is 2.49. The van der Waals surface area contributed by atoms with Crippen molar-refractivity contribution in [1.29, 1.82) is 0 Å². The fourth-order valence-corrected chi connectivity index (χ4v) is 3.89. The largest absolute Gasteiger partial charge is 0.444 e. The first-order valence-electron chi connectivity index (χ1n) is 9.11. The topological polar surface area (TPSA) is 41.6 Å². The standard InChI is InChI=1S/C20H30N2O2/c1-19(2,3)24-18(23)22-11-9-20(10-12-22)13-17(14-20)21-15-16-7-5-4-6-8-16/h4-8,17,21H,9-15H2,1-3H3. The Morgan fingerprint density at radius 2 is 1.83 bits per heavy atom. The molecule has 1 aliphatic carbocycles. The lowest BCUT2D eigenvalue weighted by Crippen LogP contribution is -2.54. The molecule has 2 aliphatic rings. The van der Waals surface area contributed by atoms with Crippen LogP contribution in [0.3, 0.4) is 0 Å². The summed E-state index contributed by atoms with van der Waals surface area (Å²) in [5.74, 6) is 0. The van der Waals surface area contributed by atoms with E-state index in [1.165, 1.54) is 18.4 Å². The number of amides is 1. The van der Waals surface area contributed by atoms with Gasteiger partial charge in [-0.2, -0.15) is 0 Å². The Labute approximate surface area is 145 Å². The van der Waals surface area contributed by atoms with Gasteiger partial charge < -0.3 is 15.0 Å². The number of benzene rings is 1. The average molecular weight is 330 g/mol. The lowest BCUT2D eigenvalue weighted by molar-refractivity contribution is -0.0164. The van der Waals surface area contributed by atoms with Crippen molar-refractivity contribution in [2.75, 3.05) is 13.1 Å². The van der Waals surface area contributed by atoms with Crippen LogP contribution in [0.25, 0.3) is 0 Å². The molecule has 3 rings (SSSR count). The summed E-state index contributed by atoms with van der Waals surface area (Å²) in [6, 6.07) is 11.2. The number of piperidine rings is 1. The molecule has 1 spiro atoms. The SMILES string of the molecule is CC(C)(C)OC(=O)N1CCC2(CC1)CC(NCc1ccccc1)C2. The van der Waals surface area contributed by atoms with Crippen LogP contribution in [0.2, 0.25) is 0 Å². The van der Waals surface area contributed by atoms with Gasteiger partial charge in [0, 0.05) is 25.7 Å². The first-order valence-corrected chi connectivity index (χ1v) is 9.11. The van der Waals surface area contributed by atoms with Crippen LogP contribution in [-0.4, -0.2) is 35.7 Å². The molecule has 0 aromatic heterocycles. The minimum absolute atomic E-state index is 0.157. The summed E-state index contributed by atoms with van der Waals surface area (Å²) in [5.41, 5.74) is 1.39. The van der Waals surface area contributed by atoms with Gasteiger partial charge in [-0.3, -0.25) is 0 Å². The minimum atomic E-state index is -0.408. The highest BCUT2D eigenvalue weighted by atomic mass is 16.6. The zero-order valence-corrected chi connectivity index (χ0v) is 15.2. The monoisotopic (exact) mass is 330 g/mol. The summed E-state index contributed by atoms with van der Waals surface area (Å²) in [5, 5.41) is 3.67. The zero-order chi connectivity index (χ0) is 17.2. The normalized spacial score (nSPS) is 20.7. The van der Waals surface area contributed by atoms with Gasteiger partial charge in [0.05, 0.1) is 0 Å². The molecule has 0 unspecified atom stereocenters. The molecular formula is C20H30N2O2. The molecule has 1 aliphatic heterocycles. The Bertz CT molecular complexity index is 549. The number of ether oxygens (including phenoxy) is 1. The minimum Gasteiger partial charge on any atom is -0.444 e. The van der Waals surface area contributed by atoms with Crippen LogP contribution >= 0.6 is 0 Å². The molecule has 0 bridgehead atoms. The van der Waals surface area contributed by atoms with Crippen molar-refractivity contribution in [3.05, 3.63) is 35.9 Å². The molecule has 2 fully saturated rings. The van der Waals surface area contributed by atoms with E-state index in [4.69, 9.17) is 4.74 Å². The highest BCUT2D eigenvalue weighted by molar-refractivity contribution is 5.68. The van der Waals surface area contributed by atoms with Crippen molar-refractivity contribution in [2.24, 2.45) is 5.41 Å². The van der Waals surface area contributed by atoms with Gasteiger partial charge in [-0.1, -0.05) is 30.3 Å². The van der Waals surface area contributed by atoms with Crippen molar-refractivity contribution >= 4 is 6.09 Å². The molecule has 4 heteroatoms. The van der Waals surface area contributed by atoms with Crippen LogP contribution in [0.4, 0.5) is 4.79 Å². The third kappa shape index (κ3) is 4.29. The Balaban J connectivity index is 1.39. The first-order chi connectivity index (χ1) is 11.4. The number of carbonyl (C=O) groups is 1. The van der Waals surface area contributed by atoms with Crippen molar-refractivity contribution in [3.63, 3.8) is 0 Å². The van der Waals surface area contributed by atoms with Crippen molar-refractivity contribution in [1.82, 2.24) is 10.2 Å². The number of rotatable bonds is 3. The molecule has 0 radical (unpaired) electrons. The van der Waals surface area contributed by atoms with Gasteiger partial charge in [-0.15, -0.1) is 0 Å². The van der Waals surface area contributed by atoms with E-state index in [-0.39, 0.29) is 6.09 Å².